The lowest BCUT2D eigenvalue weighted by atomic mass is 10.1. The van der Waals surface area contributed by atoms with E-state index in [1.165, 1.54) is 7.11 Å². The van der Waals surface area contributed by atoms with E-state index in [2.05, 4.69) is 11.8 Å². The first kappa shape index (κ1) is 19.1. The highest BCUT2D eigenvalue weighted by molar-refractivity contribution is 5.95. The number of amides is 2. The van der Waals surface area contributed by atoms with Gasteiger partial charge in [0.25, 0.3) is 11.8 Å². The zero-order valence-corrected chi connectivity index (χ0v) is 15.0. The summed E-state index contributed by atoms with van der Waals surface area (Å²) < 4.78 is 10.6. The second-order valence-corrected chi connectivity index (χ2v) is 6.11. The molecule has 138 valence electrons. The minimum atomic E-state index is -0.566. The monoisotopic (exact) mass is 349 g/mol. The number of ether oxygens (including phenoxy) is 2. The lowest BCUT2D eigenvalue weighted by molar-refractivity contribution is -0.119. The molecule has 7 heteroatoms. The molecule has 1 aliphatic heterocycles. The fourth-order valence-electron chi connectivity index (χ4n) is 2.97. The molecular formula is C18H27N3O4. The van der Waals surface area contributed by atoms with Crippen molar-refractivity contribution in [2.45, 2.75) is 19.8 Å². The maximum atomic E-state index is 12.8. The summed E-state index contributed by atoms with van der Waals surface area (Å²) in [5, 5.41) is 0. The van der Waals surface area contributed by atoms with Crippen molar-refractivity contribution in [3.63, 3.8) is 0 Å². The lowest BCUT2D eigenvalue weighted by Gasteiger charge is -2.22. The summed E-state index contributed by atoms with van der Waals surface area (Å²) in [6, 6.07) is 4.97. The fourth-order valence-corrected chi connectivity index (χ4v) is 2.97. The molecule has 1 aliphatic rings. The van der Waals surface area contributed by atoms with E-state index < -0.39 is 5.91 Å². The van der Waals surface area contributed by atoms with Crippen LogP contribution in [0.25, 0.3) is 0 Å². The molecule has 0 spiro atoms. The van der Waals surface area contributed by atoms with Gasteiger partial charge in [-0.05, 0) is 44.1 Å². The Kier molecular flexibility index (Phi) is 7.06. The number of methoxy groups -OCH3 is 1. The third-order valence-electron chi connectivity index (χ3n) is 4.20. The molecule has 2 rings (SSSR count). The number of hydrogen-bond acceptors (Lipinski definition) is 5. The molecule has 1 aromatic carbocycles. The number of primary amides is 1. The number of hydrogen-bond donors (Lipinski definition) is 1. The SMILES string of the molecule is CCCN1CCCN(C(=O)c2ccc(OCC(N)=O)c(OC)c2)CC1. The van der Waals surface area contributed by atoms with Crippen LogP contribution < -0.4 is 15.2 Å². The third-order valence-corrected chi connectivity index (χ3v) is 4.20. The van der Waals surface area contributed by atoms with Gasteiger partial charge in [-0.2, -0.15) is 0 Å². The van der Waals surface area contributed by atoms with Gasteiger partial charge in [0.2, 0.25) is 0 Å². The maximum Gasteiger partial charge on any atom is 0.255 e. The van der Waals surface area contributed by atoms with Gasteiger partial charge in [0.1, 0.15) is 0 Å². The highest BCUT2D eigenvalue weighted by Crippen LogP contribution is 2.28. The van der Waals surface area contributed by atoms with Crippen molar-refractivity contribution in [1.29, 1.82) is 0 Å². The second kappa shape index (κ2) is 9.27. The summed E-state index contributed by atoms with van der Waals surface area (Å²) in [6.45, 7) is 6.41. The summed E-state index contributed by atoms with van der Waals surface area (Å²) in [5.74, 6) is 0.221. The van der Waals surface area contributed by atoms with Crippen LogP contribution in [0, 0.1) is 0 Å². The Morgan fingerprint density at radius 1 is 1.16 bits per heavy atom. The first-order chi connectivity index (χ1) is 12.0. The van der Waals surface area contributed by atoms with E-state index in [1.807, 2.05) is 4.90 Å². The number of rotatable bonds is 7. The highest BCUT2D eigenvalue weighted by atomic mass is 16.5. The fraction of sp³-hybridized carbons (Fsp3) is 0.556. The molecule has 1 saturated heterocycles. The molecule has 0 saturated carbocycles. The van der Waals surface area contributed by atoms with E-state index in [4.69, 9.17) is 15.2 Å². The largest absolute Gasteiger partial charge is 0.493 e. The predicted octanol–water partition coefficient (Wildman–Crippen LogP) is 1.12. The zero-order chi connectivity index (χ0) is 18.2. The minimum Gasteiger partial charge on any atom is -0.493 e. The van der Waals surface area contributed by atoms with Gasteiger partial charge in [-0.3, -0.25) is 9.59 Å². The molecule has 0 aromatic heterocycles. The summed E-state index contributed by atoms with van der Waals surface area (Å²) in [7, 11) is 1.50. The average molecular weight is 349 g/mol. The zero-order valence-electron chi connectivity index (χ0n) is 15.0. The van der Waals surface area contributed by atoms with Gasteiger partial charge in [0.05, 0.1) is 7.11 Å². The minimum absolute atomic E-state index is 0.0156. The number of nitrogens with two attached hydrogens (primary N) is 1. The lowest BCUT2D eigenvalue weighted by Crippen LogP contribution is -2.35. The number of carbonyl (C=O) groups excluding carboxylic acids is 2. The average Bonchev–Trinajstić information content (AvgIpc) is 2.85. The van der Waals surface area contributed by atoms with E-state index in [9.17, 15) is 9.59 Å². The smallest absolute Gasteiger partial charge is 0.255 e. The number of benzene rings is 1. The maximum absolute atomic E-state index is 12.8. The van der Waals surface area contributed by atoms with Crippen molar-refractivity contribution >= 4 is 11.8 Å². The Bertz CT molecular complexity index is 606. The van der Waals surface area contributed by atoms with Crippen molar-refractivity contribution in [2.24, 2.45) is 5.73 Å². The molecule has 25 heavy (non-hydrogen) atoms. The van der Waals surface area contributed by atoms with Gasteiger partial charge in [-0.15, -0.1) is 0 Å². The Morgan fingerprint density at radius 3 is 2.64 bits per heavy atom. The molecule has 1 fully saturated rings. The van der Waals surface area contributed by atoms with Crippen molar-refractivity contribution in [1.82, 2.24) is 9.80 Å². The molecule has 0 radical (unpaired) electrons. The van der Waals surface area contributed by atoms with Gasteiger partial charge in [-0.25, -0.2) is 0 Å². The number of carbonyl (C=O) groups is 2. The van der Waals surface area contributed by atoms with Gasteiger partial charge in [0, 0.05) is 25.2 Å². The summed E-state index contributed by atoms with van der Waals surface area (Å²) in [4.78, 5) is 27.9. The molecule has 0 atom stereocenters. The van der Waals surface area contributed by atoms with E-state index in [0.717, 1.165) is 45.6 Å². The molecule has 0 unspecified atom stereocenters. The molecule has 2 N–H and O–H groups in total. The Morgan fingerprint density at radius 2 is 1.96 bits per heavy atom. The van der Waals surface area contributed by atoms with Crippen LogP contribution >= 0.6 is 0 Å². The Balaban J connectivity index is 2.07. The van der Waals surface area contributed by atoms with E-state index in [1.54, 1.807) is 18.2 Å². The van der Waals surface area contributed by atoms with Gasteiger partial charge in [-0.1, -0.05) is 6.92 Å². The molecule has 1 aromatic rings. The first-order valence-electron chi connectivity index (χ1n) is 8.66. The Hall–Kier alpha value is -2.28. The van der Waals surface area contributed by atoms with Crippen LogP contribution in [0.3, 0.4) is 0 Å². The van der Waals surface area contributed by atoms with Crippen molar-refractivity contribution in [2.75, 3.05) is 46.4 Å². The summed E-state index contributed by atoms with van der Waals surface area (Å²) in [5.41, 5.74) is 5.63. The van der Waals surface area contributed by atoms with E-state index >= 15 is 0 Å². The van der Waals surface area contributed by atoms with Crippen molar-refractivity contribution < 1.29 is 19.1 Å². The predicted molar refractivity (Wildman–Crippen MR) is 94.9 cm³/mol. The summed E-state index contributed by atoms with van der Waals surface area (Å²) in [6.07, 6.45) is 2.10. The molecule has 0 aliphatic carbocycles. The molecular weight excluding hydrogens is 322 g/mol. The first-order valence-corrected chi connectivity index (χ1v) is 8.66. The van der Waals surface area contributed by atoms with Gasteiger partial charge < -0.3 is 25.0 Å². The topological polar surface area (TPSA) is 85.1 Å². The van der Waals surface area contributed by atoms with Gasteiger partial charge in [0.15, 0.2) is 18.1 Å². The molecule has 0 bridgehead atoms. The standard InChI is InChI=1S/C18H27N3O4/c1-3-7-20-8-4-9-21(11-10-20)18(23)14-5-6-15(16(12-14)24-2)25-13-17(19)22/h5-6,12H,3-4,7-11,13H2,1-2H3,(H2,19,22). The van der Waals surface area contributed by atoms with E-state index in [-0.39, 0.29) is 12.5 Å². The van der Waals surface area contributed by atoms with Crippen LogP contribution in [-0.4, -0.2) is 68.1 Å². The second-order valence-electron chi connectivity index (χ2n) is 6.11. The normalized spacial score (nSPS) is 15.5. The Labute approximate surface area is 148 Å². The highest BCUT2D eigenvalue weighted by Gasteiger charge is 2.21. The van der Waals surface area contributed by atoms with Crippen LogP contribution in [0.15, 0.2) is 18.2 Å². The molecule has 2 amide bonds. The van der Waals surface area contributed by atoms with Crippen LogP contribution in [-0.2, 0) is 4.79 Å². The van der Waals surface area contributed by atoms with E-state index in [0.29, 0.717) is 17.1 Å². The van der Waals surface area contributed by atoms with Crippen LogP contribution in [0.5, 0.6) is 11.5 Å². The van der Waals surface area contributed by atoms with Crippen molar-refractivity contribution in [3.05, 3.63) is 23.8 Å². The molecule has 1 heterocycles. The van der Waals surface area contributed by atoms with Crippen molar-refractivity contribution in [3.8, 4) is 11.5 Å². The van der Waals surface area contributed by atoms with Crippen LogP contribution in [0.2, 0.25) is 0 Å². The molecule has 7 nitrogen and oxygen atoms in total. The van der Waals surface area contributed by atoms with Crippen LogP contribution in [0.4, 0.5) is 0 Å². The quantitative estimate of drug-likeness (QED) is 0.797. The third kappa shape index (κ3) is 5.35. The summed E-state index contributed by atoms with van der Waals surface area (Å²) >= 11 is 0. The van der Waals surface area contributed by atoms with Gasteiger partial charge >= 0.3 is 0 Å². The van der Waals surface area contributed by atoms with Crippen LogP contribution in [0.1, 0.15) is 30.1 Å². The number of nitrogens with zero attached hydrogens (tertiary/aromatic N) is 2.